The van der Waals surface area contributed by atoms with Gasteiger partial charge in [0.2, 0.25) is 6.29 Å². The van der Waals surface area contributed by atoms with E-state index in [2.05, 4.69) is 5.32 Å². The minimum absolute atomic E-state index is 0.272. The number of benzene rings is 1. The van der Waals surface area contributed by atoms with Gasteiger partial charge in [-0.2, -0.15) is 0 Å². The van der Waals surface area contributed by atoms with Crippen molar-refractivity contribution in [3.8, 4) is 11.5 Å². The van der Waals surface area contributed by atoms with Gasteiger partial charge in [0.25, 0.3) is 5.91 Å². The SMILES string of the molecule is O=CC(=O)NCCc1ccc2c(c1)OCCCO2. The summed E-state index contributed by atoms with van der Waals surface area (Å²) in [5, 5.41) is 2.49. The van der Waals surface area contributed by atoms with E-state index >= 15 is 0 Å². The van der Waals surface area contributed by atoms with Crippen molar-refractivity contribution in [2.45, 2.75) is 12.8 Å². The summed E-state index contributed by atoms with van der Waals surface area (Å²) in [7, 11) is 0. The molecule has 0 fully saturated rings. The highest BCUT2D eigenvalue weighted by atomic mass is 16.5. The lowest BCUT2D eigenvalue weighted by Crippen LogP contribution is -2.26. The third-order valence-electron chi connectivity index (χ3n) is 2.63. The van der Waals surface area contributed by atoms with E-state index in [1.165, 1.54) is 0 Å². The minimum atomic E-state index is -0.593. The van der Waals surface area contributed by atoms with Crippen LogP contribution in [0.25, 0.3) is 0 Å². The highest BCUT2D eigenvalue weighted by Crippen LogP contribution is 2.30. The van der Waals surface area contributed by atoms with Crippen molar-refractivity contribution in [2.24, 2.45) is 0 Å². The fourth-order valence-electron chi connectivity index (χ4n) is 1.73. The summed E-state index contributed by atoms with van der Waals surface area (Å²) in [6.07, 6.45) is 1.80. The van der Waals surface area contributed by atoms with Gasteiger partial charge in [-0.3, -0.25) is 9.59 Å². The molecular formula is C13H15NO4. The zero-order valence-electron chi connectivity index (χ0n) is 9.98. The Morgan fingerprint density at radius 3 is 2.83 bits per heavy atom. The van der Waals surface area contributed by atoms with Crippen molar-refractivity contribution in [2.75, 3.05) is 19.8 Å². The molecule has 5 heteroatoms. The lowest BCUT2D eigenvalue weighted by atomic mass is 10.1. The van der Waals surface area contributed by atoms with Crippen molar-refractivity contribution in [1.82, 2.24) is 5.32 Å². The van der Waals surface area contributed by atoms with Gasteiger partial charge in [0, 0.05) is 13.0 Å². The molecule has 1 aliphatic rings. The first-order valence-electron chi connectivity index (χ1n) is 5.91. The molecule has 0 saturated carbocycles. The summed E-state index contributed by atoms with van der Waals surface area (Å²) >= 11 is 0. The second kappa shape index (κ2) is 6.05. The highest BCUT2D eigenvalue weighted by molar-refractivity contribution is 6.23. The highest BCUT2D eigenvalue weighted by Gasteiger charge is 2.10. The topological polar surface area (TPSA) is 64.6 Å². The van der Waals surface area contributed by atoms with Gasteiger partial charge in [0.05, 0.1) is 13.2 Å². The van der Waals surface area contributed by atoms with Gasteiger partial charge in [-0.25, -0.2) is 0 Å². The molecule has 1 N–H and O–H groups in total. The first-order valence-corrected chi connectivity index (χ1v) is 5.91. The zero-order valence-corrected chi connectivity index (χ0v) is 9.98. The Hall–Kier alpha value is -2.04. The van der Waals surface area contributed by atoms with Crippen LogP contribution < -0.4 is 14.8 Å². The van der Waals surface area contributed by atoms with Gasteiger partial charge >= 0.3 is 0 Å². The molecule has 2 rings (SSSR count). The molecule has 0 saturated heterocycles. The summed E-state index contributed by atoms with van der Waals surface area (Å²) < 4.78 is 11.1. The fourth-order valence-corrected chi connectivity index (χ4v) is 1.73. The van der Waals surface area contributed by atoms with Crippen LogP contribution in [0.2, 0.25) is 0 Å². The predicted octanol–water partition coefficient (Wildman–Crippen LogP) is 0.705. The molecule has 0 spiro atoms. The molecule has 0 aromatic heterocycles. The maximum absolute atomic E-state index is 10.8. The van der Waals surface area contributed by atoms with Crippen molar-refractivity contribution in [3.63, 3.8) is 0 Å². The zero-order chi connectivity index (χ0) is 12.8. The lowest BCUT2D eigenvalue weighted by molar-refractivity contribution is -0.131. The van der Waals surface area contributed by atoms with Crippen LogP contribution in [0.15, 0.2) is 18.2 Å². The van der Waals surface area contributed by atoms with Crippen molar-refractivity contribution in [1.29, 1.82) is 0 Å². The number of hydrogen-bond acceptors (Lipinski definition) is 4. The molecule has 0 unspecified atom stereocenters. The van der Waals surface area contributed by atoms with Gasteiger partial charge in [0.1, 0.15) is 0 Å². The molecule has 0 bridgehead atoms. The smallest absolute Gasteiger partial charge is 0.284 e. The second-order valence-corrected chi connectivity index (χ2v) is 3.99. The number of rotatable bonds is 4. The molecule has 1 aromatic rings. The minimum Gasteiger partial charge on any atom is -0.490 e. The van der Waals surface area contributed by atoms with E-state index in [9.17, 15) is 9.59 Å². The normalized spacial score (nSPS) is 13.6. The van der Waals surface area contributed by atoms with Crippen molar-refractivity contribution < 1.29 is 19.1 Å². The molecule has 0 aliphatic carbocycles. The van der Waals surface area contributed by atoms with Crippen LogP contribution in [0.5, 0.6) is 11.5 Å². The van der Waals surface area contributed by atoms with E-state index in [-0.39, 0.29) is 6.29 Å². The molecule has 1 aromatic carbocycles. The van der Waals surface area contributed by atoms with Crippen LogP contribution in [0.4, 0.5) is 0 Å². The van der Waals surface area contributed by atoms with Crippen LogP contribution in [-0.2, 0) is 16.0 Å². The van der Waals surface area contributed by atoms with E-state index in [1.54, 1.807) is 0 Å². The van der Waals surface area contributed by atoms with Gasteiger partial charge in [-0.15, -0.1) is 0 Å². The number of fused-ring (bicyclic) bond motifs is 1. The molecule has 1 amide bonds. The van der Waals surface area contributed by atoms with Gasteiger partial charge in [-0.05, 0) is 24.1 Å². The summed E-state index contributed by atoms with van der Waals surface area (Å²) in [6, 6.07) is 5.71. The average Bonchev–Trinajstić information content (AvgIpc) is 2.63. The molecule has 18 heavy (non-hydrogen) atoms. The molecular weight excluding hydrogens is 234 g/mol. The molecule has 1 heterocycles. The quantitative estimate of drug-likeness (QED) is 0.630. The van der Waals surface area contributed by atoms with E-state index in [0.717, 1.165) is 23.5 Å². The second-order valence-electron chi connectivity index (χ2n) is 3.99. The maximum atomic E-state index is 10.8. The summed E-state index contributed by atoms with van der Waals surface area (Å²) in [6.45, 7) is 1.75. The molecule has 96 valence electrons. The van der Waals surface area contributed by atoms with Gasteiger partial charge in [0.15, 0.2) is 11.5 Å². The molecule has 0 atom stereocenters. The summed E-state index contributed by atoms with van der Waals surface area (Å²) in [4.78, 5) is 20.9. The third kappa shape index (κ3) is 3.23. The number of aldehydes is 1. The van der Waals surface area contributed by atoms with Crippen LogP contribution >= 0.6 is 0 Å². The lowest BCUT2D eigenvalue weighted by Gasteiger charge is -2.09. The van der Waals surface area contributed by atoms with Crippen LogP contribution in [0.3, 0.4) is 0 Å². The Bertz CT molecular complexity index is 445. The Morgan fingerprint density at radius 2 is 2.06 bits per heavy atom. The number of ether oxygens (including phenoxy) is 2. The summed E-state index contributed by atoms with van der Waals surface area (Å²) in [5.74, 6) is 0.907. The van der Waals surface area contributed by atoms with E-state index in [0.29, 0.717) is 26.2 Å². The predicted molar refractivity (Wildman–Crippen MR) is 64.8 cm³/mol. The van der Waals surface area contributed by atoms with Crippen LogP contribution in [0, 0.1) is 0 Å². The van der Waals surface area contributed by atoms with E-state index in [1.807, 2.05) is 18.2 Å². The largest absolute Gasteiger partial charge is 0.490 e. The third-order valence-corrected chi connectivity index (χ3v) is 2.63. The molecule has 1 aliphatic heterocycles. The summed E-state index contributed by atoms with van der Waals surface area (Å²) in [5.41, 5.74) is 1.03. The Labute approximate surface area is 105 Å². The maximum Gasteiger partial charge on any atom is 0.284 e. The van der Waals surface area contributed by atoms with Crippen molar-refractivity contribution in [3.05, 3.63) is 23.8 Å². The molecule has 0 radical (unpaired) electrons. The monoisotopic (exact) mass is 249 g/mol. The first kappa shape index (κ1) is 12.4. The van der Waals surface area contributed by atoms with E-state index in [4.69, 9.17) is 9.47 Å². The van der Waals surface area contributed by atoms with Crippen LogP contribution in [-0.4, -0.2) is 32.0 Å². The van der Waals surface area contributed by atoms with Gasteiger partial charge in [-0.1, -0.05) is 6.07 Å². The Balaban J connectivity index is 1.95. The molecule has 5 nitrogen and oxygen atoms in total. The standard InChI is InChI=1S/C13H15NO4/c15-9-13(16)14-5-4-10-2-3-11-12(8-10)18-7-1-6-17-11/h2-3,8-9H,1,4-7H2,(H,14,16). The van der Waals surface area contributed by atoms with Crippen LogP contribution in [0.1, 0.15) is 12.0 Å². The number of carbonyl (C=O) groups excluding carboxylic acids is 2. The number of hydrogen-bond donors (Lipinski definition) is 1. The number of amides is 1. The number of nitrogens with one attached hydrogen (secondary N) is 1. The van der Waals surface area contributed by atoms with Crippen molar-refractivity contribution >= 4 is 12.2 Å². The average molecular weight is 249 g/mol. The van der Waals surface area contributed by atoms with E-state index < -0.39 is 5.91 Å². The first-order chi connectivity index (χ1) is 8.79. The fraction of sp³-hybridized carbons (Fsp3) is 0.385. The Kier molecular flexibility index (Phi) is 4.17. The Morgan fingerprint density at radius 1 is 1.28 bits per heavy atom. The van der Waals surface area contributed by atoms with Gasteiger partial charge < -0.3 is 14.8 Å². The number of carbonyl (C=O) groups is 2.